The van der Waals surface area contributed by atoms with E-state index in [1.807, 2.05) is 30.3 Å². The number of phenols is 2. The summed E-state index contributed by atoms with van der Waals surface area (Å²) in [6.07, 6.45) is 3.07. The van der Waals surface area contributed by atoms with Crippen molar-refractivity contribution in [3.05, 3.63) is 77.9 Å². The quantitative estimate of drug-likeness (QED) is 0.489. The highest BCUT2D eigenvalue weighted by molar-refractivity contribution is 6.50. The van der Waals surface area contributed by atoms with Gasteiger partial charge in [0.25, 0.3) is 0 Å². The minimum absolute atomic E-state index is 0.0764. The highest BCUT2D eigenvalue weighted by atomic mass is 16.3. The zero-order valence-electron chi connectivity index (χ0n) is 12.6. The molecule has 118 valence electrons. The molecule has 0 saturated carbocycles. The molecule has 4 rings (SSSR count). The lowest BCUT2D eigenvalue weighted by Gasteiger charge is -2.11. The van der Waals surface area contributed by atoms with E-state index in [0.717, 1.165) is 16.3 Å². The van der Waals surface area contributed by atoms with E-state index in [1.54, 1.807) is 24.3 Å². The van der Waals surface area contributed by atoms with Gasteiger partial charge in [0.2, 0.25) is 11.6 Å². The summed E-state index contributed by atoms with van der Waals surface area (Å²) in [5.41, 5.74) is 1.36. The molecule has 0 amide bonds. The molecule has 0 fully saturated rings. The van der Waals surface area contributed by atoms with Crippen LogP contribution in [0.15, 0.2) is 66.7 Å². The summed E-state index contributed by atoms with van der Waals surface area (Å²) in [5.74, 6) is -1.01. The Kier molecular flexibility index (Phi) is 4.12. The van der Waals surface area contributed by atoms with Gasteiger partial charge in [-0.05, 0) is 46.7 Å². The van der Waals surface area contributed by atoms with Crippen LogP contribution in [-0.2, 0) is 4.79 Å². The molecule has 4 heteroatoms. The third-order valence-corrected chi connectivity index (χ3v) is 3.72. The van der Waals surface area contributed by atoms with Gasteiger partial charge in [0.15, 0.2) is 11.5 Å². The second kappa shape index (κ2) is 6.38. The number of rotatable bonds is 0. The van der Waals surface area contributed by atoms with Crippen LogP contribution in [-0.4, -0.2) is 21.8 Å². The van der Waals surface area contributed by atoms with Crippen LogP contribution in [0.4, 0.5) is 0 Å². The van der Waals surface area contributed by atoms with Crippen molar-refractivity contribution in [3.63, 3.8) is 0 Å². The largest absolute Gasteiger partial charge is 0.504 e. The summed E-state index contributed by atoms with van der Waals surface area (Å²) in [6.45, 7) is 0. The predicted octanol–water partition coefficient (Wildman–Crippen LogP) is 3.72. The number of hydrogen-bond donors (Lipinski definition) is 2. The molecule has 0 radical (unpaired) electrons. The number of phenolic OH excluding ortho intramolecular Hbond substituents is 2. The lowest BCUT2D eigenvalue weighted by molar-refractivity contribution is -0.110. The minimum atomic E-state index is -0.442. The third kappa shape index (κ3) is 2.90. The molecule has 0 aliphatic heterocycles. The van der Waals surface area contributed by atoms with Crippen LogP contribution < -0.4 is 0 Å². The van der Waals surface area contributed by atoms with Gasteiger partial charge in [0.05, 0.1) is 0 Å². The Morgan fingerprint density at radius 2 is 1.29 bits per heavy atom. The maximum Gasteiger partial charge on any atom is 0.233 e. The van der Waals surface area contributed by atoms with E-state index in [4.69, 9.17) is 10.2 Å². The summed E-state index contributed by atoms with van der Waals surface area (Å²) in [5, 5.41) is 19.4. The molecule has 0 aromatic heterocycles. The van der Waals surface area contributed by atoms with Gasteiger partial charge in [-0.15, -0.1) is 0 Å². The molecule has 0 atom stereocenters. The number of allylic oxidation sites excluding steroid dienone is 1. The number of hydrogen-bond acceptors (Lipinski definition) is 4. The fraction of sp³-hybridized carbons (Fsp3) is 0. The molecule has 0 bridgehead atoms. The molecule has 0 unspecified atom stereocenters. The van der Waals surface area contributed by atoms with Crippen LogP contribution in [0.5, 0.6) is 11.5 Å². The standard InChI is InChI=1S/C14H8O2.C6H6O2/c15-13-8-7-11-10-4-2-1-3-9(10)5-6-12(11)14(13)16;7-5-3-1-2-4-6(5)8/h1-8H;1-4,7-8H. The van der Waals surface area contributed by atoms with Crippen LogP contribution >= 0.6 is 0 Å². The molecule has 24 heavy (non-hydrogen) atoms. The molecule has 1 aliphatic carbocycles. The maximum atomic E-state index is 11.7. The van der Waals surface area contributed by atoms with E-state index in [1.165, 1.54) is 18.2 Å². The topological polar surface area (TPSA) is 74.6 Å². The highest BCUT2D eigenvalue weighted by Crippen LogP contribution is 2.26. The first-order valence-electron chi connectivity index (χ1n) is 7.33. The molecule has 1 aliphatic rings. The average molecular weight is 318 g/mol. The zero-order valence-corrected chi connectivity index (χ0v) is 12.6. The number of fused-ring (bicyclic) bond motifs is 3. The first-order chi connectivity index (χ1) is 11.6. The Balaban J connectivity index is 0.000000179. The Labute approximate surface area is 138 Å². The smallest absolute Gasteiger partial charge is 0.233 e. The zero-order chi connectivity index (χ0) is 17.1. The summed E-state index contributed by atoms with van der Waals surface area (Å²) in [6, 6.07) is 17.6. The van der Waals surface area contributed by atoms with Crippen LogP contribution in [0.1, 0.15) is 15.9 Å². The van der Waals surface area contributed by atoms with E-state index in [-0.39, 0.29) is 11.5 Å². The lowest BCUT2D eigenvalue weighted by atomic mass is 9.91. The molecular weight excluding hydrogens is 304 g/mol. The fourth-order valence-corrected chi connectivity index (χ4v) is 2.50. The second-order valence-corrected chi connectivity index (χ2v) is 5.26. The van der Waals surface area contributed by atoms with Crippen molar-refractivity contribution in [2.24, 2.45) is 0 Å². The van der Waals surface area contributed by atoms with Crippen LogP contribution in [0, 0.1) is 0 Å². The summed E-state index contributed by atoms with van der Waals surface area (Å²) < 4.78 is 0. The van der Waals surface area contributed by atoms with E-state index >= 15 is 0 Å². The van der Waals surface area contributed by atoms with Gasteiger partial charge in [-0.1, -0.05) is 42.5 Å². The van der Waals surface area contributed by atoms with Crippen molar-refractivity contribution in [1.29, 1.82) is 0 Å². The van der Waals surface area contributed by atoms with E-state index < -0.39 is 11.6 Å². The highest BCUT2D eigenvalue weighted by Gasteiger charge is 2.21. The molecule has 3 aromatic rings. The first-order valence-corrected chi connectivity index (χ1v) is 7.33. The van der Waals surface area contributed by atoms with Crippen molar-refractivity contribution in [3.8, 4) is 11.5 Å². The van der Waals surface area contributed by atoms with Gasteiger partial charge in [0.1, 0.15) is 0 Å². The third-order valence-electron chi connectivity index (χ3n) is 3.72. The molecule has 0 saturated heterocycles. The number of benzene rings is 3. The normalized spacial score (nSPS) is 12.5. The Morgan fingerprint density at radius 3 is 1.96 bits per heavy atom. The van der Waals surface area contributed by atoms with Crippen molar-refractivity contribution in [2.75, 3.05) is 0 Å². The first kappa shape index (κ1) is 15.5. The number of carbonyl (C=O) groups is 2. The Bertz CT molecular complexity index is 949. The number of carbonyl (C=O) groups excluding carboxylic acids is 2. The van der Waals surface area contributed by atoms with Crippen LogP contribution in [0.25, 0.3) is 16.8 Å². The maximum absolute atomic E-state index is 11.7. The van der Waals surface area contributed by atoms with E-state index in [2.05, 4.69) is 0 Å². The average Bonchev–Trinajstić information content (AvgIpc) is 2.61. The number of ketones is 2. The molecule has 3 aromatic carbocycles. The summed E-state index contributed by atoms with van der Waals surface area (Å²) >= 11 is 0. The van der Waals surface area contributed by atoms with Crippen LogP contribution in [0.3, 0.4) is 0 Å². The van der Waals surface area contributed by atoms with Crippen molar-refractivity contribution < 1.29 is 19.8 Å². The minimum Gasteiger partial charge on any atom is -0.504 e. The monoisotopic (exact) mass is 318 g/mol. The summed E-state index contributed by atoms with van der Waals surface area (Å²) in [4.78, 5) is 22.9. The number of para-hydroxylation sites is 2. The molecule has 2 N–H and O–H groups in total. The van der Waals surface area contributed by atoms with Crippen molar-refractivity contribution in [1.82, 2.24) is 0 Å². The second-order valence-electron chi connectivity index (χ2n) is 5.26. The lowest BCUT2D eigenvalue weighted by Crippen LogP contribution is -2.16. The number of aromatic hydroxyl groups is 2. The van der Waals surface area contributed by atoms with Crippen LogP contribution in [0.2, 0.25) is 0 Å². The number of Topliss-reactive ketones (excluding diaryl/α,β-unsaturated/α-hetero) is 1. The predicted molar refractivity (Wildman–Crippen MR) is 92.1 cm³/mol. The molecular formula is C20H14O4. The van der Waals surface area contributed by atoms with Gasteiger partial charge in [-0.3, -0.25) is 9.59 Å². The molecule has 4 nitrogen and oxygen atoms in total. The van der Waals surface area contributed by atoms with Gasteiger partial charge < -0.3 is 10.2 Å². The van der Waals surface area contributed by atoms with Gasteiger partial charge in [-0.2, -0.15) is 0 Å². The van der Waals surface area contributed by atoms with Gasteiger partial charge >= 0.3 is 0 Å². The van der Waals surface area contributed by atoms with Crippen molar-refractivity contribution in [2.45, 2.75) is 0 Å². The van der Waals surface area contributed by atoms with Crippen molar-refractivity contribution >= 4 is 28.4 Å². The Morgan fingerprint density at radius 1 is 0.667 bits per heavy atom. The van der Waals surface area contributed by atoms with Gasteiger partial charge in [-0.25, -0.2) is 0 Å². The van der Waals surface area contributed by atoms with E-state index in [0.29, 0.717) is 5.56 Å². The summed E-state index contributed by atoms with van der Waals surface area (Å²) in [7, 11) is 0. The van der Waals surface area contributed by atoms with Gasteiger partial charge in [0, 0.05) is 5.56 Å². The fourth-order valence-electron chi connectivity index (χ4n) is 2.50. The SMILES string of the molecule is O=C1C=Cc2c(ccc3ccccc23)C1=O.Oc1ccccc1O. The molecule has 0 spiro atoms. The Hall–Kier alpha value is -3.40. The van der Waals surface area contributed by atoms with E-state index in [9.17, 15) is 9.59 Å². The molecule has 0 heterocycles.